The van der Waals surface area contributed by atoms with Crippen molar-refractivity contribution in [2.75, 3.05) is 4.72 Å². The molecular weight excluding hydrogens is 553 g/mol. The summed E-state index contributed by atoms with van der Waals surface area (Å²) in [4.78, 5) is 19.5. The highest BCUT2D eigenvalue weighted by Gasteiger charge is 2.27. The molecule has 2 N–H and O–H groups in total. The lowest BCUT2D eigenvalue weighted by Crippen LogP contribution is -2.17. The molecule has 4 rings (SSSR count). The number of nitrogens with zero attached hydrogens (tertiary/aromatic N) is 2. The van der Waals surface area contributed by atoms with Crippen LogP contribution in [0, 0.1) is 26.5 Å². The summed E-state index contributed by atoms with van der Waals surface area (Å²) in [6, 6.07) is 10.4. The van der Waals surface area contributed by atoms with Crippen LogP contribution < -0.4 is 4.72 Å². The van der Waals surface area contributed by atoms with Gasteiger partial charge in [-0.25, -0.2) is 22.2 Å². The molecule has 4 aromatic rings. The first kappa shape index (κ1) is 21.8. The average Bonchev–Trinajstić information content (AvgIpc) is 3.18. The second-order valence-electron chi connectivity index (χ2n) is 6.58. The lowest BCUT2D eigenvalue weighted by Gasteiger charge is -2.12. The van der Waals surface area contributed by atoms with Gasteiger partial charge >= 0.3 is 0 Å². The highest BCUT2D eigenvalue weighted by Crippen LogP contribution is 2.29. The fourth-order valence-corrected chi connectivity index (χ4v) is 4.80. The molecule has 0 fully saturated rings. The number of nitrogens with one attached hydrogen (secondary N) is 2. The van der Waals surface area contributed by atoms with Crippen molar-refractivity contribution in [3.05, 3.63) is 86.8 Å². The first-order valence-electron chi connectivity index (χ1n) is 8.90. The largest absolute Gasteiger partial charge is 0.345 e. The number of H-pyrrole nitrogens is 1. The van der Waals surface area contributed by atoms with E-state index in [1.54, 1.807) is 18.3 Å². The summed E-state index contributed by atoms with van der Waals surface area (Å²) < 4.78 is 57.9. The van der Waals surface area contributed by atoms with Crippen LogP contribution in [0.4, 0.5) is 14.5 Å². The van der Waals surface area contributed by atoms with Crippen molar-refractivity contribution in [1.82, 2.24) is 9.97 Å². The number of carbonyl (C=O) groups is 1. The molecule has 0 saturated heterocycles. The number of carbonyl (C=O) groups excluding carboxylic acids is 1. The molecule has 0 bridgehead atoms. The zero-order valence-electron chi connectivity index (χ0n) is 15.9. The van der Waals surface area contributed by atoms with Crippen molar-refractivity contribution in [1.29, 1.82) is 5.26 Å². The maximum atomic E-state index is 15.2. The van der Waals surface area contributed by atoms with Crippen molar-refractivity contribution in [3.63, 3.8) is 0 Å². The number of fused-ring (bicyclic) bond motifs is 1. The summed E-state index contributed by atoms with van der Waals surface area (Å²) in [5, 5.41) is 9.52. The van der Waals surface area contributed by atoms with Gasteiger partial charge in [0.15, 0.2) is 5.82 Å². The first-order valence-corrected chi connectivity index (χ1v) is 11.5. The molecule has 2 heterocycles. The highest BCUT2D eigenvalue weighted by atomic mass is 127. The number of hydrogen-bond donors (Lipinski definition) is 2. The molecule has 0 atom stereocenters. The zero-order chi connectivity index (χ0) is 23.0. The number of nitriles is 1. The van der Waals surface area contributed by atoms with E-state index in [4.69, 9.17) is 5.26 Å². The topological polar surface area (TPSA) is 116 Å². The second-order valence-corrected chi connectivity index (χ2v) is 9.48. The maximum absolute atomic E-state index is 15.2. The average molecular weight is 564 g/mol. The number of halogens is 3. The number of aromatic amines is 1. The van der Waals surface area contributed by atoms with E-state index in [9.17, 15) is 17.6 Å². The summed E-state index contributed by atoms with van der Waals surface area (Å²) in [5.74, 6) is -3.50. The van der Waals surface area contributed by atoms with E-state index in [0.717, 1.165) is 12.1 Å². The standard InChI is InChI=1S/C21H11F2IN4O3S/c22-15-5-6-16(28-32(30,31)17-4-2-1-3-11(17)8-25)19(23)18(15)20(29)14-10-27-21-13(14)7-12(24)9-26-21/h1-7,9-10,28H,(H,26,27). The molecule has 32 heavy (non-hydrogen) atoms. The second kappa shape index (κ2) is 8.29. The lowest BCUT2D eigenvalue weighted by atomic mass is 10.0. The van der Waals surface area contributed by atoms with E-state index in [-0.39, 0.29) is 16.0 Å². The Kier molecular flexibility index (Phi) is 5.66. The van der Waals surface area contributed by atoms with E-state index in [0.29, 0.717) is 14.6 Å². The molecule has 11 heteroatoms. The number of pyridine rings is 1. The van der Waals surface area contributed by atoms with Crippen molar-refractivity contribution < 1.29 is 22.0 Å². The minimum absolute atomic E-state index is 0.0151. The molecule has 0 spiro atoms. The van der Waals surface area contributed by atoms with Crippen LogP contribution in [0.15, 0.2) is 59.8 Å². The molecular formula is C21H11F2IN4O3S. The van der Waals surface area contributed by atoms with Gasteiger partial charge in [0.2, 0.25) is 5.78 Å². The molecule has 0 aliphatic carbocycles. The number of rotatable bonds is 5. The van der Waals surface area contributed by atoms with E-state index >= 15 is 4.39 Å². The Morgan fingerprint density at radius 1 is 1.19 bits per heavy atom. The molecule has 0 aliphatic heterocycles. The van der Waals surface area contributed by atoms with Crippen LogP contribution in [0.3, 0.4) is 0 Å². The summed E-state index contributed by atoms with van der Waals surface area (Å²) in [5.41, 5.74) is -1.36. The lowest BCUT2D eigenvalue weighted by molar-refractivity contribution is 0.103. The van der Waals surface area contributed by atoms with Crippen molar-refractivity contribution in [2.45, 2.75) is 4.90 Å². The summed E-state index contributed by atoms with van der Waals surface area (Å²) in [6.07, 6.45) is 2.85. The summed E-state index contributed by atoms with van der Waals surface area (Å²) in [7, 11) is -4.39. The molecule has 160 valence electrons. The maximum Gasteiger partial charge on any atom is 0.263 e. The summed E-state index contributed by atoms with van der Waals surface area (Å²) in [6.45, 7) is 0. The SMILES string of the molecule is N#Cc1ccccc1S(=O)(=O)Nc1ccc(F)c(C(=O)c2c[nH]c3ncc(I)cc23)c1F. The number of aromatic nitrogens is 2. The van der Waals surface area contributed by atoms with Crippen LogP contribution in [-0.2, 0) is 10.0 Å². The number of benzene rings is 2. The van der Waals surface area contributed by atoms with Gasteiger partial charge in [0.25, 0.3) is 10.0 Å². The van der Waals surface area contributed by atoms with Gasteiger partial charge in [-0.15, -0.1) is 0 Å². The predicted molar refractivity (Wildman–Crippen MR) is 121 cm³/mol. The van der Waals surface area contributed by atoms with Gasteiger partial charge in [-0.2, -0.15) is 5.26 Å². The minimum Gasteiger partial charge on any atom is -0.345 e. The monoisotopic (exact) mass is 564 g/mol. The van der Waals surface area contributed by atoms with E-state index < -0.39 is 38.7 Å². The fourth-order valence-electron chi connectivity index (χ4n) is 3.13. The Labute approximate surface area is 194 Å². The van der Waals surface area contributed by atoms with Gasteiger partial charge in [-0.1, -0.05) is 12.1 Å². The van der Waals surface area contributed by atoms with Crippen LogP contribution in [0.1, 0.15) is 21.5 Å². The van der Waals surface area contributed by atoms with Crippen LogP contribution in [0.2, 0.25) is 0 Å². The van der Waals surface area contributed by atoms with Gasteiger partial charge in [0, 0.05) is 26.9 Å². The number of ketones is 1. The Morgan fingerprint density at radius 2 is 1.94 bits per heavy atom. The first-order chi connectivity index (χ1) is 15.2. The van der Waals surface area contributed by atoms with Crippen LogP contribution in [-0.4, -0.2) is 24.2 Å². The van der Waals surface area contributed by atoms with E-state index in [1.807, 2.05) is 27.3 Å². The Bertz CT molecular complexity index is 1540. The molecule has 0 aliphatic rings. The minimum atomic E-state index is -4.39. The molecule has 2 aromatic heterocycles. The molecule has 0 amide bonds. The Morgan fingerprint density at radius 3 is 2.69 bits per heavy atom. The van der Waals surface area contributed by atoms with E-state index in [2.05, 4.69) is 9.97 Å². The van der Waals surface area contributed by atoms with Crippen molar-refractivity contribution >= 4 is 55.1 Å². The molecule has 0 radical (unpaired) electrons. The molecule has 2 aromatic carbocycles. The number of sulfonamides is 1. The van der Waals surface area contributed by atoms with Gasteiger partial charge < -0.3 is 4.98 Å². The molecule has 0 unspecified atom stereocenters. The molecule has 7 nitrogen and oxygen atoms in total. The molecule has 0 saturated carbocycles. The third kappa shape index (κ3) is 3.82. The normalized spacial score (nSPS) is 11.3. The van der Waals surface area contributed by atoms with E-state index in [1.165, 1.54) is 30.5 Å². The van der Waals surface area contributed by atoms with Crippen molar-refractivity contribution in [3.8, 4) is 6.07 Å². The Hall–Kier alpha value is -3.37. The van der Waals surface area contributed by atoms with Crippen LogP contribution >= 0.6 is 22.6 Å². The quantitative estimate of drug-likeness (QED) is 0.276. The van der Waals surface area contributed by atoms with Gasteiger partial charge in [-0.3, -0.25) is 9.52 Å². The highest BCUT2D eigenvalue weighted by molar-refractivity contribution is 14.1. The number of anilines is 1. The third-order valence-electron chi connectivity index (χ3n) is 4.60. The van der Waals surface area contributed by atoms with Gasteiger partial charge in [0.1, 0.15) is 22.4 Å². The summed E-state index contributed by atoms with van der Waals surface area (Å²) >= 11 is 1.99. The predicted octanol–water partition coefficient (Wildman–Crippen LogP) is 4.35. The third-order valence-corrected chi connectivity index (χ3v) is 6.62. The number of hydrogen-bond acceptors (Lipinski definition) is 5. The van der Waals surface area contributed by atoms with Crippen molar-refractivity contribution in [2.24, 2.45) is 0 Å². The fraction of sp³-hybridized carbons (Fsp3) is 0. The van der Waals surface area contributed by atoms with Crippen LogP contribution in [0.25, 0.3) is 11.0 Å². The smallest absolute Gasteiger partial charge is 0.263 e. The van der Waals surface area contributed by atoms with Gasteiger partial charge in [-0.05, 0) is 52.9 Å². The van der Waals surface area contributed by atoms with Gasteiger partial charge in [0.05, 0.1) is 16.8 Å². The Balaban J connectivity index is 1.79. The zero-order valence-corrected chi connectivity index (χ0v) is 18.8. The van der Waals surface area contributed by atoms with Crippen LogP contribution in [0.5, 0.6) is 0 Å².